The van der Waals surface area contributed by atoms with Crippen LogP contribution in [0, 0.1) is 0 Å². The van der Waals surface area contributed by atoms with Crippen molar-refractivity contribution < 1.29 is 0 Å². The van der Waals surface area contributed by atoms with E-state index < -0.39 is 0 Å². The normalized spacial score (nSPS) is 12.0. The number of nitrogens with zero attached hydrogens (tertiary/aromatic N) is 1. The Bertz CT molecular complexity index is 2410. The Morgan fingerprint density at radius 1 is 0.400 bits per heavy atom. The van der Waals surface area contributed by atoms with Crippen LogP contribution >= 0.6 is 11.3 Å². The van der Waals surface area contributed by atoms with Gasteiger partial charge in [0.25, 0.3) is 0 Å². The Morgan fingerprint density at radius 3 is 1.93 bits per heavy atom. The smallest absolute Gasteiger partial charge is 0.0619 e. The maximum Gasteiger partial charge on any atom is 0.0619 e. The minimum Gasteiger partial charge on any atom is -0.309 e. The molecule has 0 radical (unpaired) electrons. The molecule has 1 nitrogen and oxygen atoms in total. The average molecular weight is 526 g/mol. The molecule has 0 atom stereocenters. The number of fused-ring (bicyclic) bond motifs is 11. The summed E-state index contributed by atoms with van der Waals surface area (Å²) in [4.78, 5) is 0. The lowest BCUT2D eigenvalue weighted by atomic mass is 9.96. The summed E-state index contributed by atoms with van der Waals surface area (Å²) in [6.07, 6.45) is 0. The molecular formula is C38H23NS. The molecule has 0 N–H and O–H groups in total. The second-order valence-electron chi connectivity index (χ2n) is 10.5. The first-order chi connectivity index (χ1) is 19.8. The van der Waals surface area contributed by atoms with E-state index in [0.717, 1.165) is 0 Å². The van der Waals surface area contributed by atoms with E-state index in [1.807, 2.05) is 11.3 Å². The zero-order chi connectivity index (χ0) is 26.2. The van der Waals surface area contributed by atoms with Gasteiger partial charge in [0.2, 0.25) is 0 Å². The van der Waals surface area contributed by atoms with Gasteiger partial charge >= 0.3 is 0 Å². The van der Waals surface area contributed by atoms with Gasteiger partial charge in [-0.3, -0.25) is 0 Å². The molecule has 0 spiro atoms. The van der Waals surface area contributed by atoms with Crippen molar-refractivity contribution in [3.63, 3.8) is 0 Å². The van der Waals surface area contributed by atoms with Crippen LogP contribution < -0.4 is 0 Å². The topological polar surface area (TPSA) is 4.93 Å². The van der Waals surface area contributed by atoms with Crippen molar-refractivity contribution in [2.75, 3.05) is 0 Å². The van der Waals surface area contributed by atoms with Gasteiger partial charge in [0, 0.05) is 42.0 Å². The van der Waals surface area contributed by atoms with E-state index in [0.29, 0.717) is 0 Å². The fourth-order valence-corrected chi connectivity index (χ4v) is 7.72. The van der Waals surface area contributed by atoms with Crippen LogP contribution in [0.15, 0.2) is 140 Å². The van der Waals surface area contributed by atoms with E-state index in [4.69, 9.17) is 0 Å². The molecule has 9 rings (SSSR count). The summed E-state index contributed by atoms with van der Waals surface area (Å²) >= 11 is 1.89. The zero-order valence-electron chi connectivity index (χ0n) is 21.6. The summed E-state index contributed by atoms with van der Waals surface area (Å²) in [6, 6.07) is 51.1. The van der Waals surface area contributed by atoms with Crippen molar-refractivity contribution in [2.45, 2.75) is 0 Å². The Balaban J connectivity index is 1.41. The highest BCUT2D eigenvalue weighted by Gasteiger charge is 2.18. The standard InChI is InChI=1S/C38H23NS/c1-2-8-24(9-3-1)25-14-18-27(19-15-25)39-33-12-6-4-10-28(33)30-22-21-29-31(38(30)39)20-16-26-17-23-35-37(36(26)29)32-11-5-7-13-34(32)40-35/h1-23H. The maximum atomic E-state index is 2.46. The number of para-hydroxylation sites is 1. The molecule has 0 fully saturated rings. The molecule has 40 heavy (non-hydrogen) atoms. The van der Waals surface area contributed by atoms with Gasteiger partial charge < -0.3 is 4.57 Å². The van der Waals surface area contributed by atoms with Crippen molar-refractivity contribution in [3.8, 4) is 16.8 Å². The van der Waals surface area contributed by atoms with Gasteiger partial charge in [0.05, 0.1) is 11.0 Å². The molecule has 186 valence electrons. The van der Waals surface area contributed by atoms with Crippen molar-refractivity contribution in [2.24, 2.45) is 0 Å². The van der Waals surface area contributed by atoms with E-state index in [1.54, 1.807) is 0 Å². The third-order valence-corrected chi connectivity index (χ3v) is 9.52. The molecule has 2 heterocycles. The highest BCUT2D eigenvalue weighted by molar-refractivity contribution is 7.26. The molecule has 9 aromatic rings. The molecule has 0 saturated carbocycles. The van der Waals surface area contributed by atoms with Gasteiger partial charge in [-0.1, -0.05) is 109 Å². The lowest BCUT2D eigenvalue weighted by Crippen LogP contribution is -1.94. The minimum absolute atomic E-state index is 1.18. The summed E-state index contributed by atoms with van der Waals surface area (Å²) in [5.41, 5.74) is 6.15. The van der Waals surface area contributed by atoms with Gasteiger partial charge in [-0.15, -0.1) is 11.3 Å². The summed E-state index contributed by atoms with van der Waals surface area (Å²) in [5.74, 6) is 0. The van der Waals surface area contributed by atoms with Crippen molar-refractivity contribution in [1.29, 1.82) is 0 Å². The lowest BCUT2D eigenvalue weighted by molar-refractivity contribution is 1.19. The predicted molar refractivity (Wildman–Crippen MR) is 174 cm³/mol. The molecule has 0 saturated heterocycles. The summed E-state index contributed by atoms with van der Waals surface area (Å²) in [6.45, 7) is 0. The number of hydrogen-bond donors (Lipinski definition) is 0. The highest BCUT2D eigenvalue weighted by atomic mass is 32.1. The summed E-state index contributed by atoms with van der Waals surface area (Å²) < 4.78 is 5.15. The van der Waals surface area contributed by atoms with E-state index >= 15 is 0 Å². The lowest BCUT2D eigenvalue weighted by Gasteiger charge is -2.13. The van der Waals surface area contributed by atoms with Crippen LogP contribution in [0.2, 0.25) is 0 Å². The Labute approximate surface area is 235 Å². The van der Waals surface area contributed by atoms with Crippen LogP contribution in [-0.4, -0.2) is 4.57 Å². The van der Waals surface area contributed by atoms with Crippen LogP contribution in [0.3, 0.4) is 0 Å². The second kappa shape index (κ2) is 8.29. The van der Waals surface area contributed by atoms with E-state index in [2.05, 4.69) is 144 Å². The predicted octanol–water partition coefficient (Wildman–Crippen LogP) is 11.1. The van der Waals surface area contributed by atoms with Crippen molar-refractivity contribution >= 4 is 74.9 Å². The summed E-state index contributed by atoms with van der Waals surface area (Å²) in [7, 11) is 0. The van der Waals surface area contributed by atoms with Crippen molar-refractivity contribution in [3.05, 3.63) is 140 Å². The average Bonchev–Trinajstić information content (AvgIpc) is 3.57. The quantitative estimate of drug-likeness (QED) is 0.198. The second-order valence-corrected chi connectivity index (χ2v) is 11.6. The third-order valence-electron chi connectivity index (χ3n) is 8.38. The van der Waals surface area contributed by atoms with Gasteiger partial charge in [-0.05, 0) is 57.6 Å². The molecule has 0 amide bonds. The number of benzene rings is 7. The fourth-order valence-electron chi connectivity index (χ4n) is 6.61. The zero-order valence-corrected chi connectivity index (χ0v) is 22.5. The van der Waals surface area contributed by atoms with Crippen LogP contribution in [0.1, 0.15) is 0 Å². The Hall–Kier alpha value is -4.92. The van der Waals surface area contributed by atoms with E-state index in [9.17, 15) is 0 Å². The first kappa shape index (κ1) is 22.0. The number of thiophene rings is 1. The molecule has 0 bridgehead atoms. The first-order valence-electron chi connectivity index (χ1n) is 13.7. The molecular weight excluding hydrogens is 502 g/mol. The summed E-state index contributed by atoms with van der Waals surface area (Å²) in [5, 5.41) is 10.5. The van der Waals surface area contributed by atoms with Gasteiger partial charge in [0.15, 0.2) is 0 Å². The molecule has 0 aliphatic carbocycles. The van der Waals surface area contributed by atoms with E-state index in [1.165, 1.54) is 80.3 Å². The van der Waals surface area contributed by atoms with Crippen LogP contribution in [0.4, 0.5) is 0 Å². The van der Waals surface area contributed by atoms with E-state index in [-0.39, 0.29) is 0 Å². The minimum atomic E-state index is 1.18. The maximum absolute atomic E-state index is 2.46. The number of rotatable bonds is 2. The highest BCUT2D eigenvalue weighted by Crippen LogP contribution is 2.44. The Kier molecular flexibility index (Phi) is 4.55. The van der Waals surface area contributed by atoms with Gasteiger partial charge in [-0.2, -0.15) is 0 Å². The van der Waals surface area contributed by atoms with Crippen molar-refractivity contribution in [1.82, 2.24) is 4.57 Å². The molecule has 2 aromatic heterocycles. The molecule has 0 aliphatic rings. The fraction of sp³-hybridized carbons (Fsp3) is 0. The first-order valence-corrected chi connectivity index (χ1v) is 14.5. The third kappa shape index (κ3) is 3.03. The van der Waals surface area contributed by atoms with Crippen LogP contribution in [-0.2, 0) is 0 Å². The molecule has 0 unspecified atom stereocenters. The monoisotopic (exact) mass is 525 g/mol. The van der Waals surface area contributed by atoms with Gasteiger partial charge in [0.1, 0.15) is 0 Å². The SMILES string of the molecule is c1ccc(-c2ccc(-n3c4ccccc4c4ccc5c(ccc6ccc7sc8ccccc8c7c65)c43)cc2)cc1. The molecule has 0 aliphatic heterocycles. The van der Waals surface area contributed by atoms with Crippen LogP contribution in [0.5, 0.6) is 0 Å². The molecule has 2 heteroatoms. The molecule has 7 aromatic carbocycles. The van der Waals surface area contributed by atoms with Crippen LogP contribution in [0.25, 0.3) is 80.3 Å². The largest absolute Gasteiger partial charge is 0.309 e. The van der Waals surface area contributed by atoms with Gasteiger partial charge in [-0.25, -0.2) is 0 Å². The number of aromatic nitrogens is 1. The Morgan fingerprint density at radius 2 is 1.05 bits per heavy atom. The number of hydrogen-bond acceptors (Lipinski definition) is 1.